The van der Waals surface area contributed by atoms with Crippen LogP contribution in [0.25, 0.3) is 0 Å². The molecule has 0 radical (unpaired) electrons. The highest BCUT2D eigenvalue weighted by Crippen LogP contribution is 2.48. The third-order valence-corrected chi connectivity index (χ3v) is 6.15. The molecule has 0 amide bonds. The van der Waals surface area contributed by atoms with E-state index >= 15 is 0 Å². The zero-order valence-corrected chi connectivity index (χ0v) is 12.8. The van der Waals surface area contributed by atoms with Gasteiger partial charge in [-0.1, -0.05) is 6.42 Å². The Morgan fingerprint density at radius 3 is 2.75 bits per heavy atom. The van der Waals surface area contributed by atoms with E-state index in [1.165, 1.54) is 39.3 Å². The van der Waals surface area contributed by atoms with E-state index in [-0.39, 0.29) is 5.97 Å². The summed E-state index contributed by atoms with van der Waals surface area (Å²) >= 11 is 0. The maximum absolute atomic E-state index is 11.8. The fraction of sp³-hybridized carbons (Fsp3) is 0.938. The number of ether oxygens (including phenoxy) is 1. The molecule has 0 heterocycles. The minimum Gasteiger partial charge on any atom is -0.468 e. The molecule has 5 atom stereocenters. The second-order valence-electron chi connectivity index (χ2n) is 7.42. The van der Waals surface area contributed by atoms with E-state index < -0.39 is 5.54 Å². The number of hydrogen-bond acceptors (Lipinski definition) is 4. The number of nitrogens with zero attached hydrogens (tertiary/aromatic N) is 1. The summed E-state index contributed by atoms with van der Waals surface area (Å²) < 4.78 is 4.86. The van der Waals surface area contributed by atoms with Gasteiger partial charge in [0.1, 0.15) is 5.54 Å². The molecule has 0 spiro atoms. The standard InChI is InChI=1S/C16H28N2O2/c1-18(10-13-8-11-3-4-12(13)7-11)14-5-6-16(17,9-14)15(19)20-2/h11-14H,3-10,17H2,1-2H3. The highest BCUT2D eigenvalue weighted by molar-refractivity contribution is 5.81. The summed E-state index contributed by atoms with van der Waals surface area (Å²) in [6.45, 7) is 1.18. The van der Waals surface area contributed by atoms with Crippen molar-refractivity contribution in [2.75, 3.05) is 20.7 Å². The molecule has 0 aromatic carbocycles. The quantitative estimate of drug-likeness (QED) is 0.798. The van der Waals surface area contributed by atoms with Gasteiger partial charge in [0.25, 0.3) is 0 Å². The minimum atomic E-state index is -0.748. The second-order valence-corrected chi connectivity index (χ2v) is 7.42. The Kier molecular flexibility index (Phi) is 3.80. The number of hydrogen-bond donors (Lipinski definition) is 1. The average molecular weight is 280 g/mol. The van der Waals surface area contributed by atoms with Crippen molar-refractivity contribution in [3.63, 3.8) is 0 Å². The molecule has 3 aliphatic carbocycles. The summed E-state index contributed by atoms with van der Waals surface area (Å²) in [6, 6.07) is 0.443. The van der Waals surface area contributed by atoms with Crippen molar-refractivity contribution in [3.8, 4) is 0 Å². The van der Waals surface area contributed by atoms with Crippen LogP contribution in [0.2, 0.25) is 0 Å². The summed E-state index contributed by atoms with van der Waals surface area (Å²) in [5.74, 6) is 2.61. The maximum atomic E-state index is 11.8. The summed E-state index contributed by atoms with van der Waals surface area (Å²) in [4.78, 5) is 14.2. The molecule has 0 aromatic rings. The van der Waals surface area contributed by atoms with Gasteiger partial charge in [0.2, 0.25) is 0 Å². The van der Waals surface area contributed by atoms with Crippen LogP contribution in [0.3, 0.4) is 0 Å². The SMILES string of the molecule is COC(=O)C1(N)CCC(N(C)CC2CC3CCC2C3)C1. The third-order valence-electron chi connectivity index (χ3n) is 6.15. The molecule has 3 aliphatic rings. The molecule has 20 heavy (non-hydrogen) atoms. The smallest absolute Gasteiger partial charge is 0.325 e. The zero-order chi connectivity index (χ0) is 14.3. The van der Waals surface area contributed by atoms with E-state index in [4.69, 9.17) is 10.5 Å². The van der Waals surface area contributed by atoms with Crippen LogP contribution in [-0.2, 0) is 9.53 Å². The van der Waals surface area contributed by atoms with Crippen LogP contribution >= 0.6 is 0 Å². The Hall–Kier alpha value is -0.610. The predicted molar refractivity (Wildman–Crippen MR) is 78.1 cm³/mol. The van der Waals surface area contributed by atoms with Gasteiger partial charge >= 0.3 is 5.97 Å². The summed E-state index contributed by atoms with van der Waals surface area (Å²) in [7, 11) is 3.64. The van der Waals surface area contributed by atoms with Crippen molar-refractivity contribution in [2.24, 2.45) is 23.5 Å². The van der Waals surface area contributed by atoms with E-state index in [9.17, 15) is 4.79 Å². The Balaban J connectivity index is 1.54. The largest absolute Gasteiger partial charge is 0.468 e. The van der Waals surface area contributed by atoms with E-state index in [2.05, 4.69) is 11.9 Å². The van der Waals surface area contributed by atoms with E-state index in [1.807, 2.05) is 0 Å². The highest BCUT2D eigenvalue weighted by atomic mass is 16.5. The molecule has 3 fully saturated rings. The lowest BCUT2D eigenvalue weighted by molar-refractivity contribution is -0.146. The summed E-state index contributed by atoms with van der Waals surface area (Å²) in [5.41, 5.74) is 5.46. The van der Waals surface area contributed by atoms with Crippen molar-refractivity contribution in [1.82, 2.24) is 4.90 Å². The van der Waals surface area contributed by atoms with Gasteiger partial charge in [0.15, 0.2) is 0 Å². The highest BCUT2D eigenvalue weighted by Gasteiger charge is 2.45. The first-order valence-electron chi connectivity index (χ1n) is 8.09. The van der Waals surface area contributed by atoms with Crippen molar-refractivity contribution in [1.29, 1.82) is 0 Å². The Labute approximate surface area is 122 Å². The third kappa shape index (κ3) is 2.48. The van der Waals surface area contributed by atoms with E-state index in [0.29, 0.717) is 6.04 Å². The maximum Gasteiger partial charge on any atom is 0.325 e. The van der Waals surface area contributed by atoms with Gasteiger partial charge in [0.05, 0.1) is 7.11 Å². The lowest BCUT2D eigenvalue weighted by Crippen LogP contribution is -2.48. The van der Waals surface area contributed by atoms with Crippen molar-refractivity contribution >= 4 is 5.97 Å². The van der Waals surface area contributed by atoms with E-state index in [1.54, 1.807) is 0 Å². The number of nitrogens with two attached hydrogens (primary N) is 1. The van der Waals surface area contributed by atoms with Gasteiger partial charge in [-0.2, -0.15) is 0 Å². The summed E-state index contributed by atoms with van der Waals surface area (Å²) in [6.07, 6.45) is 8.31. The molecule has 4 nitrogen and oxygen atoms in total. The Morgan fingerprint density at radius 1 is 1.35 bits per heavy atom. The molecule has 2 N–H and O–H groups in total. The van der Waals surface area contributed by atoms with E-state index in [0.717, 1.165) is 37.0 Å². The molecule has 0 aromatic heterocycles. The van der Waals surface area contributed by atoms with Crippen LogP contribution in [0.1, 0.15) is 44.9 Å². The van der Waals surface area contributed by atoms with Gasteiger partial charge in [-0.15, -0.1) is 0 Å². The number of fused-ring (bicyclic) bond motifs is 2. The molecule has 0 aliphatic heterocycles. The molecular formula is C16H28N2O2. The lowest BCUT2D eigenvalue weighted by atomic mass is 9.88. The molecule has 3 rings (SSSR count). The van der Waals surface area contributed by atoms with Gasteiger partial charge in [-0.05, 0) is 63.3 Å². The number of esters is 1. The fourth-order valence-corrected chi connectivity index (χ4v) is 4.93. The molecule has 2 bridgehead atoms. The second kappa shape index (κ2) is 5.30. The monoisotopic (exact) mass is 280 g/mol. The van der Waals surface area contributed by atoms with Crippen LogP contribution in [-0.4, -0.2) is 43.2 Å². The number of methoxy groups -OCH3 is 1. The van der Waals surface area contributed by atoms with Crippen molar-refractivity contribution in [3.05, 3.63) is 0 Å². The average Bonchev–Trinajstić information content (AvgIpc) is 3.13. The van der Waals surface area contributed by atoms with Crippen LogP contribution in [0.5, 0.6) is 0 Å². The lowest BCUT2D eigenvalue weighted by Gasteiger charge is -2.31. The molecule has 0 saturated heterocycles. The molecule has 3 saturated carbocycles. The number of carbonyl (C=O) groups is 1. The van der Waals surface area contributed by atoms with Gasteiger partial charge in [0, 0.05) is 12.6 Å². The van der Waals surface area contributed by atoms with Crippen molar-refractivity contribution < 1.29 is 9.53 Å². The van der Waals surface area contributed by atoms with Gasteiger partial charge < -0.3 is 15.4 Å². The van der Waals surface area contributed by atoms with Crippen LogP contribution in [0.4, 0.5) is 0 Å². The first-order valence-corrected chi connectivity index (χ1v) is 8.09. The fourth-order valence-electron chi connectivity index (χ4n) is 4.93. The summed E-state index contributed by atoms with van der Waals surface area (Å²) in [5, 5.41) is 0. The van der Waals surface area contributed by atoms with Gasteiger partial charge in [-0.3, -0.25) is 4.79 Å². The van der Waals surface area contributed by atoms with Crippen molar-refractivity contribution in [2.45, 2.75) is 56.5 Å². The normalized spacial score (nSPS) is 43.4. The predicted octanol–water partition coefficient (Wildman–Crippen LogP) is 1.78. The number of carbonyl (C=O) groups excluding carboxylic acids is 1. The first kappa shape index (κ1) is 14.3. The Bertz CT molecular complexity index is 387. The Morgan fingerprint density at radius 2 is 2.15 bits per heavy atom. The number of rotatable bonds is 4. The zero-order valence-electron chi connectivity index (χ0n) is 12.8. The molecular weight excluding hydrogens is 252 g/mol. The minimum absolute atomic E-state index is 0.242. The topological polar surface area (TPSA) is 55.6 Å². The van der Waals surface area contributed by atoms with Gasteiger partial charge in [-0.25, -0.2) is 0 Å². The molecule has 5 unspecified atom stereocenters. The van der Waals surface area contributed by atoms with Crippen LogP contribution in [0.15, 0.2) is 0 Å². The molecule has 114 valence electrons. The van der Waals surface area contributed by atoms with Crippen LogP contribution < -0.4 is 5.73 Å². The first-order chi connectivity index (χ1) is 9.51. The van der Waals surface area contributed by atoms with Crippen LogP contribution in [0, 0.1) is 17.8 Å². The molecule has 4 heteroatoms.